The molecule has 2 aromatic heterocycles. The van der Waals surface area contributed by atoms with Crippen LogP contribution in [0.4, 0.5) is 0 Å². The van der Waals surface area contributed by atoms with Crippen LogP contribution in [0.25, 0.3) is 11.2 Å². The molecule has 0 aromatic carbocycles. The lowest BCUT2D eigenvalue weighted by Crippen LogP contribution is -2.26. The molecule has 1 aliphatic heterocycles. The number of nitrogens with zero attached hydrogens (tertiary/aromatic N) is 4. The smallest absolute Gasteiger partial charge is 0.433 e. The van der Waals surface area contributed by atoms with E-state index >= 15 is 0 Å². The van der Waals surface area contributed by atoms with Crippen molar-refractivity contribution < 1.29 is 42.3 Å². The van der Waals surface area contributed by atoms with Crippen LogP contribution in [0.3, 0.4) is 0 Å². The third-order valence-corrected chi connectivity index (χ3v) is 6.95. The van der Waals surface area contributed by atoms with Gasteiger partial charge >= 0.3 is 20.1 Å². The zero-order chi connectivity index (χ0) is 28.3. The second-order valence-electron chi connectivity index (χ2n) is 10.8. The molecule has 1 N–H and O–H groups in total. The number of hydrogen-bond donors (Lipinski definition) is 1. The lowest BCUT2D eigenvalue weighted by atomic mass is 9.98. The molecule has 1 aliphatic rings. The molecule has 212 valence electrons. The monoisotopic (exact) mass is 577 g/mol. The topological polar surface area (TPSA) is 153 Å². The first kappa shape index (κ1) is 30.6. The van der Waals surface area contributed by atoms with E-state index in [1.54, 1.807) is 59.4 Å². The minimum absolute atomic E-state index is 0.109. The fraction of sp³-hybridized carbons (Fsp3) is 0.696. The van der Waals surface area contributed by atoms with Gasteiger partial charge in [-0.05, 0) is 61.3 Å². The number of imidazole rings is 1. The fourth-order valence-corrected chi connectivity index (χ4v) is 4.43. The zero-order valence-electron chi connectivity index (χ0n) is 22.6. The third kappa shape index (κ3) is 8.01. The fourth-order valence-electron chi connectivity index (χ4n) is 3.22. The number of rotatable bonds is 10. The molecule has 0 saturated carbocycles. The molecule has 0 amide bonds. The highest BCUT2D eigenvalue weighted by atomic mass is 35.5. The van der Waals surface area contributed by atoms with E-state index in [1.165, 1.54) is 0 Å². The van der Waals surface area contributed by atoms with Crippen molar-refractivity contribution in [2.24, 2.45) is 10.8 Å². The lowest BCUT2D eigenvalue weighted by molar-refractivity contribution is -0.165. The van der Waals surface area contributed by atoms with Gasteiger partial charge in [-0.3, -0.25) is 14.2 Å². The van der Waals surface area contributed by atoms with Gasteiger partial charge < -0.3 is 14.2 Å². The van der Waals surface area contributed by atoms with Gasteiger partial charge in [0.1, 0.15) is 24.2 Å². The molecule has 3 rings (SSSR count). The summed E-state index contributed by atoms with van der Waals surface area (Å²) in [5.74, 6) is -0.584. The average molecular weight is 578 g/mol. The van der Waals surface area contributed by atoms with Gasteiger partial charge in [-0.15, -0.1) is 9.05 Å². The highest BCUT2D eigenvalue weighted by Gasteiger charge is 2.48. The quantitative estimate of drug-likeness (QED) is 0.185. The van der Waals surface area contributed by atoms with Crippen LogP contribution in [0, 0.1) is 17.8 Å². The van der Waals surface area contributed by atoms with Crippen LogP contribution in [0.15, 0.2) is 6.33 Å². The highest BCUT2D eigenvalue weighted by molar-refractivity contribution is 7.55. The Morgan fingerprint density at radius 2 is 1.63 bits per heavy atom. The molecule has 0 aliphatic carbocycles. The Labute approximate surface area is 226 Å². The maximum absolute atomic E-state index is 12.0. The Balaban J connectivity index is 1.61. The van der Waals surface area contributed by atoms with E-state index in [2.05, 4.69) is 15.0 Å². The van der Waals surface area contributed by atoms with Crippen LogP contribution in [0.2, 0.25) is 5.15 Å². The summed E-state index contributed by atoms with van der Waals surface area (Å²) in [6.07, 6.45) is 1.95. The van der Waals surface area contributed by atoms with Crippen LogP contribution in [-0.4, -0.2) is 62.6 Å². The number of hydrogen-bond acceptors (Lipinski definition) is 12. The number of esters is 2. The first-order chi connectivity index (χ1) is 17.6. The average Bonchev–Trinajstić information content (AvgIpc) is 3.43. The van der Waals surface area contributed by atoms with E-state index < -0.39 is 56.9 Å². The molecule has 15 heteroatoms. The van der Waals surface area contributed by atoms with E-state index in [1.807, 2.05) is 0 Å². The molecule has 1 fully saturated rings. The number of ether oxygens (including phenoxy) is 3. The Morgan fingerprint density at radius 1 is 1.05 bits per heavy atom. The molecular weight excluding hydrogens is 543 g/mol. The number of aromatic nitrogens is 4. The number of carbonyl (C=O) groups is 2. The van der Waals surface area contributed by atoms with Crippen molar-refractivity contribution in [2.45, 2.75) is 73.6 Å². The Bertz CT molecular complexity index is 1120. The predicted octanol–water partition coefficient (Wildman–Crippen LogP) is 4.28. The number of carbonyl (C=O) groups excluding carboxylic acids is 2. The SMILES string of the molecule is Cc1nc(Cl)c2ncn(C3CCC(CO[P+](O)(OCOC(=O)C(C)(C)C)OCOC(=O)C(C)(C)C)O3)c2n1. The minimum atomic E-state index is -4.06. The Hall–Kier alpha value is -1.99. The zero-order valence-corrected chi connectivity index (χ0v) is 24.2. The summed E-state index contributed by atoms with van der Waals surface area (Å²) in [4.78, 5) is 47.8. The predicted molar refractivity (Wildman–Crippen MR) is 136 cm³/mol. The molecule has 13 nitrogen and oxygen atoms in total. The third-order valence-electron chi connectivity index (χ3n) is 5.35. The maximum atomic E-state index is 12.0. The van der Waals surface area contributed by atoms with Crippen molar-refractivity contribution in [3.63, 3.8) is 0 Å². The van der Waals surface area contributed by atoms with Gasteiger partial charge in [0.2, 0.25) is 13.6 Å². The van der Waals surface area contributed by atoms with Crippen molar-refractivity contribution in [3.05, 3.63) is 17.3 Å². The van der Waals surface area contributed by atoms with E-state index in [-0.39, 0.29) is 11.8 Å². The molecule has 2 atom stereocenters. The second-order valence-corrected chi connectivity index (χ2v) is 12.9. The molecule has 2 aromatic rings. The summed E-state index contributed by atoms with van der Waals surface area (Å²) in [5, 5.41) is 0.257. The van der Waals surface area contributed by atoms with Gasteiger partial charge in [0.05, 0.1) is 23.3 Å². The molecule has 2 unspecified atom stereocenters. The van der Waals surface area contributed by atoms with Crippen LogP contribution in [0.5, 0.6) is 0 Å². The summed E-state index contributed by atoms with van der Waals surface area (Å²) in [6.45, 7) is 10.4. The van der Waals surface area contributed by atoms with E-state index in [4.69, 9.17) is 39.4 Å². The van der Waals surface area contributed by atoms with Crippen molar-refractivity contribution in [3.8, 4) is 0 Å². The number of aryl methyl sites for hydroxylation is 1. The minimum Gasteiger partial charge on any atom is -0.433 e. The van der Waals surface area contributed by atoms with Gasteiger partial charge in [-0.1, -0.05) is 11.6 Å². The van der Waals surface area contributed by atoms with Gasteiger partial charge in [0.25, 0.3) is 0 Å². The first-order valence-corrected chi connectivity index (χ1v) is 13.9. The van der Waals surface area contributed by atoms with Gasteiger partial charge in [-0.2, -0.15) is 9.42 Å². The summed E-state index contributed by atoms with van der Waals surface area (Å²) in [7, 11) is -4.06. The van der Waals surface area contributed by atoms with Crippen molar-refractivity contribution in [2.75, 3.05) is 20.2 Å². The van der Waals surface area contributed by atoms with Gasteiger partial charge in [0.15, 0.2) is 10.8 Å². The first-order valence-electron chi connectivity index (χ1n) is 12.0. The lowest BCUT2D eigenvalue weighted by Gasteiger charge is -2.20. The van der Waals surface area contributed by atoms with Crippen LogP contribution < -0.4 is 0 Å². The summed E-state index contributed by atoms with van der Waals surface area (Å²) >= 11 is 6.18. The van der Waals surface area contributed by atoms with Crippen LogP contribution in [-0.2, 0) is 37.4 Å². The molecular formula is C23H35ClN4O9P+. The molecule has 0 spiro atoms. The Morgan fingerprint density at radius 3 is 2.18 bits per heavy atom. The molecule has 3 heterocycles. The van der Waals surface area contributed by atoms with E-state index in [9.17, 15) is 14.5 Å². The summed E-state index contributed by atoms with van der Waals surface area (Å²) in [6, 6.07) is 0. The molecule has 38 heavy (non-hydrogen) atoms. The largest absolute Gasteiger partial charge is 0.579 e. The molecule has 0 radical (unpaired) electrons. The van der Waals surface area contributed by atoms with Crippen molar-refractivity contribution in [1.29, 1.82) is 0 Å². The standard InChI is InChI=1S/C23H35ClN4O9P/c1-14-26-18(24)17-19(27-14)28(11-25-17)16-9-8-15(37-16)10-34-38(31,35-12-32-20(29)22(2,3)4)36-13-33-21(30)23(5,6)7/h11,15-16,31H,8-10,12-13H2,1-7H3/q+1. The van der Waals surface area contributed by atoms with Crippen molar-refractivity contribution >= 4 is 42.9 Å². The maximum Gasteiger partial charge on any atom is 0.579 e. The van der Waals surface area contributed by atoms with Crippen molar-refractivity contribution in [1.82, 2.24) is 19.5 Å². The summed E-state index contributed by atoms with van der Waals surface area (Å²) < 4.78 is 34.1. The van der Waals surface area contributed by atoms with E-state index in [0.29, 0.717) is 29.8 Å². The Kier molecular flexibility index (Phi) is 9.67. The van der Waals surface area contributed by atoms with Crippen LogP contribution in [0.1, 0.15) is 66.4 Å². The summed E-state index contributed by atoms with van der Waals surface area (Å²) in [5.41, 5.74) is -0.535. The highest BCUT2D eigenvalue weighted by Crippen LogP contribution is 2.58. The van der Waals surface area contributed by atoms with E-state index in [0.717, 1.165) is 0 Å². The normalized spacial score (nSPS) is 18.7. The molecule has 1 saturated heterocycles. The molecule has 0 bridgehead atoms. The number of halogens is 1. The van der Waals surface area contributed by atoms with Gasteiger partial charge in [0, 0.05) is 0 Å². The second kappa shape index (κ2) is 12.0. The van der Waals surface area contributed by atoms with Crippen LogP contribution >= 0.6 is 19.8 Å². The number of fused-ring (bicyclic) bond motifs is 1. The van der Waals surface area contributed by atoms with Gasteiger partial charge in [-0.25, -0.2) is 15.0 Å².